The highest BCUT2D eigenvalue weighted by molar-refractivity contribution is 7.86. The average molecular weight is 273 g/mol. The molecule has 6 nitrogen and oxygen atoms in total. The summed E-state index contributed by atoms with van der Waals surface area (Å²) in [5, 5.41) is 2.61. The quantitative estimate of drug-likeness (QED) is 0.836. The number of methoxy groups -OCH3 is 1. The molecule has 1 rings (SSSR count). The summed E-state index contributed by atoms with van der Waals surface area (Å²) in [7, 11) is -2.23. The number of nitrogens with one attached hydrogen (secondary N) is 1. The molecule has 0 saturated carbocycles. The molecule has 0 aromatic heterocycles. The van der Waals surface area contributed by atoms with Crippen LogP contribution in [-0.4, -0.2) is 27.7 Å². The van der Waals surface area contributed by atoms with Crippen molar-refractivity contribution in [3.63, 3.8) is 0 Å². The Balaban J connectivity index is 3.24. The molecule has 0 aliphatic rings. The highest BCUT2D eigenvalue weighted by Gasteiger charge is 2.15. The third-order valence-corrected chi connectivity index (χ3v) is 2.61. The van der Waals surface area contributed by atoms with Gasteiger partial charge in [-0.1, -0.05) is 0 Å². The summed E-state index contributed by atoms with van der Waals surface area (Å²) in [5.74, 6) is 0.134. The maximum Gasteiger partial charge on any atom is 0.306 e. The second kappa shape index (κ2) is 5.26. The van der Waals surface area contributed by atoms with Crippen LogP contribution >= 0.6 is 0 Å². The number of anilines is 1. The molecule has 0 atom stereocenters. The first kappa shape index (κ1) is 14.3. The zero-order chi connectivity index (χ0) is 13.9. The van der Waals surface area contributed by atoms with Gasteiger partial charge in [-0.2, -0.15) is 8.42 Å². The standard InChI is InChI=1S/C11H15NO5S/c1-7-9(12-8(2)13)5-6-10(11(7)16-3)17-18(4,14)15/h5-6H,1-4H3,(H,12,13). The molecule has 0 saturated heterocycles. The summed E-state index contributed by atoms with van der Waals surface area (Å²) in [5.41, 5.74) is 1.13. The summed E-state index contributed by atoms with van der Waals surface area (Å²) in [6, 6.07) is 2.98. The number of carbonyl (C=O) groups excluding carboxylic acids is 1. The smallest absolute Gasteiger partial charge is 0.306 e. The van der Waals surface area contributed by atoms with Crippen molar-refractivity contribution in [3.8, 4) is 11.5 Å². The van der Waals surface area contributed by atoms with Gasteiger partial charge in [0.1, 0.15) is 0 Å². The number of hydrogen-bond acceptors (Lipinski definition) is 5. The topological polar surface area (TPSA) is 81.7 Å². The number of hydrogen-bond donors (Lipinski definition) is 1. The summed E-state index contributed by atoms with van der Waals surface area (Å²) in [6.07, 6.45) is 0.948. The predicted molar refractivity (Wildman–Crippen MR) is 67.5 cm³/mol. The number of rotatable bonds is 4. The maximum atomic E-state index is 11.1. The molecule has 0 radical (unpaired) electrons. The van der Waals surface area contributed by atoms with E-state index in [1.165, 1.54) is 20.1 Å². The highest BCUT2D eigenvalue weighted by atomic mass is 32.2. The minimum Gasteiger partial charge on any atom is -0.492 e. The Bertz CT molecular complexity index is 565. The van der Waals surface area contributed by atoms with Crippen LogP contribution in [0, 0.1) is 6.92 Å². The second-order valence-corrected chi connectivity index (χ2v) is 5.31. The molecule has 0 fully saturated rings. The normalized spacial score (nSPS) is 10.9. The van der Waals surface area contributed by atoms with Crippen molar-refractivity contribution >= 4 is 21.7 Å². The first-order valence-electron chi connectivity index (χ1n) is 5.09. The SMILES string of the molecule is COc1c(OS(C)(=O)=O)ccc(NC(C)=O)c1C. The van der Waals surface area contributed by atoms with E-state index in [1.54, 1.807) is 13.0 Å². The van der Waals surface area contributed by atoms with E-state index in [-0.39, 0.29) is 17.4 Å². The highest BCUT2D eigenvalue weighted by Crippen LogP contribution is 2.36. The van der Waals surface area contributed by atoms with Crippen LogP contribution in [-0.2, 0) is 14.9 Å². The minimum atomic E-state index is -3.63. The van der Waals surface area contributed by atoms with Crippen LogP contribution in [0.15, 0.2) is 12.1 Å². The van der Waals surface area contributed by atoms with E-state index in [2.05, 4.69) is 5.32 Å². The van der Waals surface area contributed by atoms with Crippen molar-refractivity contribution < 1.29 is 22.1 Å². The van der Waals surface area contributed by atoms with E-state index >= 15 is 0 Å². The fraction of sp³-hybridized carbons (Fsp3) is 0.364. The molecule has 7 heteroatoms. The zero-order valence-corrected chi connectivity index (χ0v) is 11.4. The zero-order valence-electron chi connectivity index (χ0n) is 10.6. The van der Waals surface area contributed by atoms with Crippen molar-refractivity contribution in [2.24, 2.45) is 0 Å². The number of ether oxygens (including phenoxy) is 1. The fourth-order valence-corrected chi connectivity index (χ4v) is 1.93. The van der Waals surface area contributed by atoms with E-state index in [1.807, 2.05) is 0 Å². The summed E-state index contributed by atoms with van der Waals surface area (Å²) in [4.78, 5) is 11.0. The van der Waals surface area contributed by atoms with Gasteiger partial charge in [-0.25, -0.2) is 0 Å². The Morgan fingerprint density at radius 1 is 1.33 bits per heavy atom. The molecular weight excluding hydrogens is 258 g/mol. The summed E-state index contributed by atoms with van der Waals surface area (Å²) < 4.78 is 32.1. The molecule has 0 aliphatic carbocycles. The van der Waals surface area contributed by atoms with Crippen LogP contribution < -0.4 is 14.2 Å². The Hall–Kier alpha value is -1.76. The molecule has 1 amide bonds. The lowest BCUT2D eigenvalue weighted by Crippen LogP contribution is -2.10. The molecule has 1 N–H and O–H groups in total. The number of carbonyl (C=O) groups is 1. The first-order chi connectivity index (χ1) is 8.24. The molecule has 0 aliphatic heterocycles. The van der Waals surface area contributed by atoms with Gasteiger partial charge in [0.25, 0.3) is 0 Å². The van der Waals surface area contributed by atoms with E-state index in [4.69, 9.17) is 8.92 Å². The van der Waals surface area contributed by atoms with Crippen LogP contribution in [0.5, 0.6) is 11.5 Å². The van der Waals surface area contributed by atoms with Gasteiger partial charge >= 0.3 is 10.1 Å². The van der Waals surface area contributed by atoms with Gasteiger partial charge in [-0.05, 0) is 19.1 Å². The molecule has 1 aromatic rings. The van der Waals surface area contributed by atoms with Gasteiger partial charge in [-0.15, -0.1) is 0 Å². The molecule has 0 bridgehead atoms. The van der Waals surface area contributed by atoms with Gasteiger partial charge in [-0.3, -0.25) is 4.79 Å². The summed E-state index contributed by atoms with van der Waals surface area (Å²) in [6.45, 7) is 3.08. The Morgan fingerprint density at radius 3 is 2.39 bits per heavy atom. The molecule has 1 aromatic carbocycles. The van der Waals surface area contributed by atoms with Crippen LogP contribution in [0.3, 0.4) is 0 Å². The Morgan fingerprint density at radius 2 is 1.94 bits per heavy atom. The second-order valence-electron chi connectivity index (χ2n) is 3.74. The summed E-state index contributed by atoms with van der Waals surface area (Å²) >= 11 is 0. The van der Waals surface area contributed by atoms with Crippen molar-refractivity contribution in [2.45, 2.75) is 13.8 Å². The Kier molecular flexibility index (Phi) is 4.18. The van der Waals surface area contributed by atoms with Crippen molar-refractivity contribution in [1.29, 1.82) is 0 Å². The molecule has 0 spiro atoms. The van der Waals surface area contributed by atoms with E-state index in [0.29, 0.717) is 11.3 Å². The lowest BCUT2D eigenvalue weighted by Gasteiger charge is -2.14. The van der Waals surface area contributed by atoms with Crippen LogP contribution in [0.25, 0.3) is 0 Å². The monoisotopic (exact) mass is 273 g/mol. The van der Waals surface area contributed by atoms with Gasteiger partial charge in [0, 0.05) is 18.2 Å². The van der Waals surface area contributed by atoms with Crippen molar-refractivity contribution in [2.75, 3.05) is 18.7 Å². The lowest BCUT2D eigenvalue weighted by molar-refractivity contribution is -0.114. The molecule has 0 unspecified atom stereocenters. The largest absolute Gasteiger partial charge is 0.492 e. The molecular formula is C11H15NO5S. The molecule has 0 heterocycles. The van der Waals surface area contributed by atoms with Crippen LogP contribution in [0.4, 0.5) is 5.69 Å². The average Bonchev–Trinajstić information content (AvgIpc) is 2.20. The van der Waals surface area contributed by atoms with Gasteiger partial charge in [0.05, 0.1) is 13.4 Å². The molecule has 18 heavy (non-hydrogen) atoms. The van der Waals surface area contributed by atoms with E-state index in [0.717, 1.165) is 6.26 Å². The van der Waals surface area contributed by atoms with Gasteiger partial charge in [0.15, 0.2) is 11.5 Å². The minimum absolute atomic E-state index is 0.0894. The Labute approximate surface area is 106 Å². The van der Waals surface area contributed by atoms with E-state index < -0.39 is 10.1 Å². The van der Waals surface area contributed by atoms with Gasteiger partial charge in [0.2, 0.25) is 5.91 Å². The third kappa shape index (κ3) is 3.63. The number of benzene rings is 1. The van der Waals surface area contributed by atoms with Crippen molar-refractivity contribution in [3.05, 3.63) is 17.7 Å². The third-order valence-electron chi connectivity index (χ3n) is 2.13. The lowest BCUT2D eigenvalue weighted by atomic mass is 10.1. The van der Waals surface area contributed by atoms with Crippen LogP contribution in [0.1, 0.15) is 12.5 Å². The fourth-order valence-electron chi connectivity index (χ4n) is 1.47. The van der Waals surface area contributed by atoms with Crippen molar-refractivity contribution in [1.82, 2.24) is 0 Å². The first-order valence-corrected chi connectivity index (χ1v) is 6.91. The number of amides is 1. The van der Waals surface area contributed by atoms with Gasteiger partial charge < -0.3 is 14.2 Å². The molecule has 100 valence electrons. The predicted octanol–water partition coefficient (Wildman–Crippen LogP) is 1.30. The maximum absolute atomic E-state index is 11.1. The van der Waals surface area contributed by atoms with Crippen LogP contribution in [0.2, 0.25) is 0 Å². The van der Waals surface area contributed by atoms with E-state index in [9.17, 15) is 13.2 Å².